The van der Waals surface area contributed by atoms with Crippen LogP contribution >= 0.6 is 11.3 Å². The van der Waals surface area contributed by atoms with Crippen LogP contribution in [0.25, 0.3) is 10.3 Å². The Balaban J connectivity index is 2.88. The van der Waals surface area contributed by atoms with Crippen molar-refractivity contribution in [1.29, 1.82) is 0 Å². The number of aryl methyl sites for hydroxylation is 1. The van der Waals surface area contributed by atoms with Crippen molar-refractivity contribution in [1.82, 2.24) is 0 Å². The first-order valence-electron chi connectivity index (χ1n) is 3.96. The number of rotatable bonds is 1. The van der Waals surface area contributed by atoms with Gasteiger partial charge in [-0.15, -0.1) is 0 Å². The molecule has 1 heterocycles. The highest BCUT2D eigenvalue weighted by atomic mass is 32.1. The highest BCUT2D eigenvalue weighted by molar-refractivity contribution is 7.16. The van der Waals surface area contributed by atoms with E-state index in [-0.39, 0.29) is 10.7 Å². The normalized spacial score (nSPS) is 10.8. The molecule has 68 valence electrons. The van der Waals surface area contributed by atoms with Gasteiger partial charge >= 0.3 is 4.94 Å². The molecule has 0 amide bonds. The van der Waals surface area contributed by atoms with Crippen LogP contribution in [-0.4, -0.2) is 5.11 Å². The second-order valence-electron chi connectivity index (χ2n) is 2.74. The average molecular weight is 196 g/mol. The fourth-order valence-corrected chi connectivity index (χ4v) is 2.04. The van der Waals surface area contributed by atoms with Crippen molar-refractivity contribution >= 4 is 21.6 Å². The van der Waals surface area contributed by atoms with Gasteiger partial charge in [0.05, 0.1) is 4.70 Å². The van der Waals surface area contributed by atoms with Crippen molar-refractivity contribution in [3.05, 3.63) is 27.4 Å². The molecule has 0 saturated carbocycles. The summed E-state index contributed by atoms with van der Waals surface area (Å²) in [6, 6.07) is 3.17. The van der Waals surface area contributed by atoms with E-state index in [2.05, 4.69) is 0 Å². The number of benzene rings is 1. The zero-order valence-electron chi connectivity index (χ0n) is 7.03. The largest absolute Gasteiger partial charge is 0.508 e. The van der Waals surface area contributed by atoms with Gasteiger partial charge < -0.3 is 9.52 Å². The van der Waals surface area contributed by atoms with Crippen LogP contribution in [0.15, 0.2) is 21.3 Å². The van der Waals surface area contributed by atoms with E-state index in [1.54, 1.807) is 12.1 Å². The Morgan fingerprint density at radius 3 is 3.00 bits per heavy atom. The second-order valence-corrected chi connectivity index (χ2v) is 3.72. The second kappa shape index (κ2) is 2.88. The predicted octanol–water partition coefficient (Wildman–Crippen LogP) is 2.12. The highest BCUT2D eigenvalue weighted by Crippen LogP contribution is 2.26. The third kappa shape index (κ3) is 1.33. The molecular formula is C9H8O3S. The molecule has 1 N–H and O–H groups in total. The summed E-state index contributed by atoms with van der Waals surface area (Å²) in [6.45, 7) is 1.95. The third-order valence-electron chi connectivity index (χ3n) is 1.88. The fraction of sp³-hybridized carbons (Fsp3) is 0.222. The average Bonchev–Trinajstić information content (AvgIpc) is 2.43. The van der Waals surface area contributed by atoms with Crippen LogP contribution in [0.5, 0.6) is 5.75 Å². The molecule has 2 aromatic rings. The molecule has 2 rings (SSSR count). The van der Waals surface area contributed by atoms with Crippen LogP contribution < -0.4 is 4.94 Å². The molecule has 0 atom stereocenters. The van der Waals surface area contributed by atoms with Gasteiger partial charge in [0.25, 0.3) is 0 Å². The molecule has 3 nitrogen and oxygen atoms in total. The highest BCUT2D eigenvalue weighted by Gasteiger charge is 2.07. The lowest BCUT2D eigenvalue weighted by atomic mass is 10.1. The summed E-state index contributed by atoms with van der Waals surface area (Å²) in [5.41, 5.74) is 1.48. The van der Waals surface area contributed by atoms with Crippen LogP contribution in [0.2, 0.25) is 0 Å². The van der Waals surface area contributed by atoms with E-state index in [0.29, 0.717) is 10.3 Å². The Hall–Kier alpha value is -1.29. The van der Waals surface area contributed by atoms with Crippen LogP contribution in [0.3, 0.4) is 0 Å². The van der Waals surface area contributed by atoms with Crippen molar-refractivity contribution in [2.45, 2.75) is 13.3 Å². The standard InChI is InChI=1S/C9H8O3S/c1-2-5-3-6(10)4-7-8(5)12-9(11)13-7/h3-4,10H,2H2,1H3. The molecule has 1 aromatic carbocycles. The summed E-state index contributed by atoms with van der Waals surface area (Å²) in [5.74, 6) is 0.182. The van der Waals surface area contributed by atoms with Gasteiger partial charge in [-0.3, -0.25) is 0 Å². The molecule has 0 saturated heterocycles. The molecule has 1 aromatic heterocycles. The number of hydrogen-bond donors (Lipinski definition) is 1. The van der Waals surface area contributed by atoms with Gasteiger partial charge in [-0.05, 0) is 18.1 Å². The Labute approximate surface area is 78.2 Å². The van der Waals surface area contributed by atoms with Crippen molar-refractivity contribution in [3.8, 4) is 5.75 Å². The first-order valence-corrected chi connectivity index (χ1v) is 4.78. The van der Waals surface area contributed by atoms with Gasteiger partial charge in [0.15, 0.2) is 5.58 Å². The minimum absolute atomic E-state index is 0.182. The number of fused-ring (bicyclic) bond motifs is 1. The summed E-state index contributed by atoms with van der Waals surface area (Å²) in [7, 11) is 0. The monoisotopic (exact) mass is 196 g/mol. The molecule has 0 unspecified atom stereocenters. The van der Waals surface area contributed by atoms with Gasteiger partial charge in [0.2, 0.25) is 0 Å². The maximum atomic E-state index is 10.9. The number of hydrogen-bond acceptors (Lipinski definition) is 4. The lowest BCUT2D eigenvalue weighted by Gasteiger charge is -1.97. The van der Waals surface area contributed by atoms with Crippen molar-refractivity contribution in [3.63, 3.8) is 0 Å². The Morgan fingerprint density at radius 1 is 1.54 bits per heavy atom. The summed E-state index contributed by atoms with van der Waals surface area (Å²) in [5, 5.41) is 9.31. The van der Waals surface area contributed by atoms with E-state index in [0.717, 1.165) is 23.3 Å². The first kappa shape index (κ1) is 8.31. The molecule has 4 heteroatoms. The molecule has 0 radical (unpaired) electrons. The molecule has 0 spiro atoms. The molecule has 0 aliphatic rings. The van der Waals surface area contributed by atoms with Crippen LogP contribution in [0.4, 0.5) is 0 Å². The summed E-state index contributed by atoms with van der Waals surface area (Å²) >= 11 is 1.01. The molecule has 13 heavy (non-hydrogen) atoms. The van der Waals surface area contributed by atoms with Gasteiger partial charge in [0, 0.05) is 6.07 Å². The molecule has 0 aliphatic carbocycles. The Morgan fingerprint density at radius 2 is 2.31 bits per heavy atom. The quantitative estimate of drug-likeness (QED) is 0.760. The van der Waals surface area contributed by atoms with E-state index < -0.39 is 0 Å². The zero-order valence-corrected chi connectivity index (χ0v) is 7.85. The Bertz CT molecular complexity index is 495. The topological polar surface area (TPSA) is 50.4 Å². The number of aromatic hydroxyl groups is 1. The minimum Gasteiger partial charge on any atom is -0.508 e. The Kier molecular flexibility index (Phi) is 1.84. The maximum absolute atomic E-state index is 10.9. The van der Waals surface area contributed by atoms with E-state index in [9.17, 15) is 9.90 Å². The van der Waals surface area contributed by atoms with Crippen molar-refractivity contribution in [2.24, 2.45) is 0 Å². The van der Waals surface area contributed by atoms with Crippen molar-refractivity contribution in [2.75, 3.05) is 0 Å². The lowest BCUT2D eigenvalue weighted by molar-refractivity contribution is 0.475. The first-order chi connectivity index (χ1) is 6.20. The van der Waals surface area contributed by atoms with E-state index >= 15 is 0 Å². The predicted molar refractivity (Wildman–Crippen MR) is 51.4 cm³/mol. The molecule has 0 aliphatic heterocycles. The maximum Gasteiger partial charge on any atom is 0.396 e. The summed E-state index contributed by atoms with van der Waals surface area (Å²) in [6.07, 6.45) is 0.741. The van der Waals surface area contributed by atoms with Gasteiger partial charge in [0.1, 0.15) is 5.75 Å². The number of phenolic OH excluding ortho intramolecular Hbond substituents is 1. The van der Waals surface area contributed by atoms with Crippen LogP contribution in [0, 0.1) is 0 Å². The van der Waals surface area contributed by atoms with Crippen LogP contribution in [-0.2, 0) is 6.42 Å². The molecule has 0 bridgehead atoms. The van der Waals surface area contributed by atoms with E-state index in [1.165, 1.54) is 0 Å². The van der Waals surface area contributed by atoms with Crippen molar-refractivity contribution < 1.29 is 9.52 Å². The number of phenols is 1. The smallest absolute Gasteiger partial charge is 0.396 e. The minimum atomic E-state index is -0.324. The fourth-order valence-electron chi connectivity index (χ4n) is 1.29. The lowest BCUT2D eigenvalue weighted by Crippen LogP contribution is -1.83. The third-order valence-corrected chi connectivity index (χ3v) is 2.65. The SMILES string of the molecule is CCc1cc(O)cc2sc(=O)oc12. The molecule has 0 fully saturated rings. The van der Waals surface area contributed by atoms with E-state index in [4.69, 9.17) is 4.42 Å². The summed E-state index contributed by atoms with van der Waals surface area (Å²) < 4.78 is 5.71. The van der Waals surface area contributed by atoms with Gasteiger partial charge in [-0.25, -0.2) is 4.79 Å². The zero-order chi connectivity index (χ0) is 9.42. The summed E-state index contributed by atoms with van der Waals surface area (Å²) in [4.78, 5) is 10.6. The van der Waals surface area contributed by atoms with Crippen LogP contribution in [0.1, 0.15) is 12.5 Å². The van der Waals surface area contributed by atoms with E-state index in [1.807, 2.05) is 6.92 Å². The van der Waals surface area contributed by atoms with Gasteiger partial charge in [-0.2, -0.15) is 0 Å². The van der Waals surface area contributed by atoms with Gasteiger partial charge in [-0.1, -0.05) is 18.3 Å². The molecular weight excluding hydrogens is 188 g/mol.